The molecule has 1 rings (SSSR count). The van der Waals surface area contributed by atoms with Gasteiger partial charge in [-0.3, -0.25) is 0 Å². The summed E-state index contributed by atoms with van der Waals surface area (Å²) in [6.07, 6.45) is 6.64. The molecule has 0 aromatic heterocycles. The first-order chi connectivity index (χ1) is 5.70. The van der Waals surface area contributed by atoms with Gasteiger partial charge in [0.15, 0.2) is 0 Å². The first-order valence-electron chi connectivity index (χ1n) is 5.12. The van der Waals surface area contributed by atoms with Gasteiger partial charge >= 0.3 is 0 Å². The van der Waals surface area contributed by atoms with Crippen molar-refractivity contribution >= 4 is 0 Å². The fourth-order valence-corrected chi connectivity index (χ4v) is 2.07. The van der Waals surface area contributed by atoms with Gasteiger partial charge < -0.3 is 10.8 Å². The van der Waals surface area contributed by atoms with E-state index in [9.17, 15) is 5.11 Å². The van der Waals surface area contributed by atoms with Crippen molar-refractivity contribution < 1.29 is 5.11 Å². The second-order valence-corrected chi connectivity index (χ2v) is 4.13. The van der Waals surface area contributed by atoms with E-state index in [2.05, 4.69) is 6.92 Å². The van der Waals surface area contributed by atoms with Crippen molar-refractivity contribution in [3.8, 4) is 0 Å². The van der Waals surface area contributed by atoms with E-state index in [1.54, 1.807) is 0 Å². The highest BCUT2D eigenvalue weighted by atomic mass is 16.3. The molecule has 0 radical (unpaired) electrons. The van der Waals surface area contributed by atoms with Crippen LogP contribution in [0.25, 0.3) is 0 Å². The summed E-state index contributed by atoms with van der Waals surface area (Å²) in [5, 5.41) is 9.95. The van der Waals surface area contributed by atoms with Crippen LogP contribution < -0.4 is 5.73 Å². The monoisotopic (exact) mass is 171 g/mol. The van der Waals surface area contributed by atoms with E-state index in [1.165, 1.54) is 12.8 Å². The van der Waals surface area contributed by atoms with E-state index < -0.39 is 5.60 Å². The van der Waals surface area contributed by atoms with Crippen molar-refractivity contribution in [2.24, 2.45) is 11.7 Å². The third kappa shape index (κ3) is 2.46. The topological polar surface area (TPSA) is 46.2 Å². The second kappa shape index (κ2) is 4.24. The van der Waals surface area contributed by atoms with Gasteiger partial charge in [-0.05, 0) is 25.2 Å². The molecule has 2 atom stereocenters. The molecule has 2 heteroatoms. The van der Waals surface area contributed by atoms with Gasteiger partial charge in [0.05, 0.1) is 5.60 Å². The Labute approximate surface area is 75.2 Å². The normalized spacial score (nSPS) is 37.8. The van der Waals surface area contributed by atoms with Crippen molar-refractivity contribution in [1.82, 2.24) is 0 Å². The summed E-state index contributed by atoms with van der Waals surface area (Å²) in [5.74, 6) is 0.825. The first kappa shape index (κ1) is 10.0. The van der Waals surface area contributed by atoms with Crippen LogP contribution in [0.2, 0.25) is 0 Å². The van der Waals surface area contributed by atoms with E-state index in [-0.39, 0.29) is 0 Å². The lowest BCUT2D eigenvalue weighted by Crippen LogP contribution is -2.36. The van der Waals surface area contributed by atoms with Gasteiger partial charge in [-0.15, -0.1) is 0 Å². The number of rotatable bonds is 2. The molecule has 2 unspecified atom stereocenters. The summed E-state index contributed by atoms with van der Waals surface area (Å²) < 4.78 is 0. The highest BCUT2D eigenvalue weighted by Gasteiger charge is 2.28. The zero-order valence-electron chi connectivity index (χ0n) is 8.05. The Balaban J connectivity index is 2.44. The van der Waals surface area contributed by atoms with Crippen LogP contribution in [0.15, 0.2) is 0 Å². The average Bonchev–Trinajstić information content (AvgIpc) is 2.28. The van der Waals surface area contributed by atoms with Crippen LogP contribution in [0.3, 0.4) is 0 Å². The highest BCUT2D eigenvalue weighted by Crippen LogP contribution is 2.30. The van der Waals surface area contributed by atoms with E-state index in [1.807, 2.05) is 0 Å². The quantitative estimate of drug-likeness (QED) is 0.621. The van der Waals surface area contributed by atoms with Gasteiger partial charge in [-0.2, -0.15) is 0 Å². The third-order valence-corrected chi connectivity index (χ3v) is 3.23. The molecule has 0 aliphatic heterocycles. The molecule has 2 nitrogen and oxygen atoms in total. The standard InChI is InChI=1S/C10H21NO/c1-2-9-4-3-6-10(12,8-11)7-5-9/h9,12H,2-8,11H2,1H3. The van der Waals surface area contributed by atoms with Crippen LogP contribution in [0.5, 0.6) is 0 Å². The SMILES string of the molecule is CCC1CCCC(O)(CN)CC1. The largest absolute Gasteiger partial charge is 0.389 e. The van der Waals surface area contributed by atoms with Crippen molar-refractivity contribution in [2.45, 2.75) is 51.0 Å². The molecule has 72 valence electrons. The molecular formula is C10H21NO. The molecule has 0 spiro atoms. The summed E-state index contributed by atoms with van der Waals surface area (Å²) in [7, 11) is 0. The van der Waals surface area contributed by atoms with Crippen LogP contribution in [0, 0.1) is 5.92 Å². The Morgan fingerprint density at radius 1 is 1.42 bits per heavy atom. The van der Waals surface area contributed by atoms with Gasteiger partial charge in [0.1, 0.15) is 0 Å². The Hall–Kier alpha value is -0.0800. The fourth-order valence-electron chi connectivity index (χ4n) is 2.07. The number of hydrogen-bond acceptors (Lipinski definition) is 2. The Morgan fingerprint density at radius 2 is 2.17 bits per heavy atom. The van der Waals surface area contributed by atoms with Gasteiger partial charge in [0.2, 0.25) is 0 Å². The maximum Gasteiger partial charge on any atom is 0.0769 e. The zero-order valence-corrected chi connectivity index (χ0v) is 8.05. The number of hydrogen-bond donors (Lipinski definition) is 2. The second-order valence-electron chi connectivity index (χ2n) is 4.13. The van der Waals surface area contributed by atoms with Crippen LogP contribution in [-0.4, -0.2) is 17.3 Å². The fraction of sp³-hybridized carbons (Fsp3) is 1.00. The summed E-state index contributed by atoms with van der Waals surface area (Å²) in [5.41, 5.74) is 5.01. The molecule has 0 aromatic rings. The lowest BCUT2D eigenvalue weighted by molar-refractivity contribution is 0.0328. The molecule has 0 saturated heterocycles. The molecule has 12 heavy (non-hydrogen) atoms. The van der Waals surface area contributed by atoms with Gasteiger partial charge in [-0.1, -0.05) is 26.2 Å². The minimum absolute atomic E-state index is 0.434. The summed E-state index contributed by atoms with van der Waals surface area (Å²) >= 11 is 0. The Morgan fingerprint density at radius 3 is 2.75 bits per heavy atom. The van der Waals surface area contributed by atoms with Crippen LogP contribution in [0.1, 0.15) is 45.4 Å². The van der Waals surface area contributed by atoms with E-state index in [4.69, 9.17) is 5.73 Å². The predicted octanol–water partition coefficient (Wildman–Crippen LogP) is 1.67. The van der Waals surface area contributed by atoms with Gasteiger partial charge in [0.25, 0.3) is 0 Å². The molecular weight excluding hydrogens is 150 g/mol. The number of aliphatic hydroxyl groups is 1. The molecule has 0 bridgehead atoms. The Kier molecular flexibility index (Phi) is 3.53. The average molecular weight is 171 g/mol. The van der Waals surface area contributed by atoms with Gasteiger partial charge in [-0.25, -0.2) is 0 Å². The minimum atomic E-state index is -0.538. The van der Waals surface area contributed by atoms with Crippen molar-refractivity contribution in [3.63, 3.8) is 0 Å². The predicted molar refractivity (Wildman–Crippen MR) is 50.9 cm³/mol. The van der Waals surface area contributed by atoms with E-state index in [0.717, 1.165) is 31.6 Å². The smallest absolute Gasteiger partial charge is 0.0769 e. The summed E-state index contributed by atoms with van der Waals surface area (Å²) in [4.78, 5) is 0. The van der Waals surface area contributed by atoms with Crippen LogP contribution in [-0.2, 0) is 0 Å². The molecule has 3 N–H and O–H groups in total. The molecule has 1 saturated carbocycles. The van der Waals surface area contributed by atoms with Crippen molar-refractivity contribution in [1.29, 1.82) is 0 Å². The van der Waals surface area contributed by atoms with Crippen molar-refractivity contribution in [3.05, 3.63) is 0 Å². The van der Waals surface area contributed by atoms with Crippen molar-refractivity contribution in [2.75, 3.05) is 6.54 Å². The maximum atomic E-state index is 9.95. The van der Waals surface area contributed by atoms with Crippen LogP contribution >= 0.6 is 0 Å². The molecule has 1 aliphatic carbocycles. The van der Waals surface area contributed by atoms with Crippen LogP contribution in [0.4, 0.5) is 0 Å². The maximum absolute atomic E-state index is 9.95. The lowest BCUT2D eigenvalue weighted by atomic mass is 9.93. The number of nitrogens with two attached hydrogens (primary N) is 1. The van der Waals surface area contributed by atoms with E-state index in [0.29, 0.717) is 6.54 Å². The Bertz CT molecular complexity index is 138. The first-order valence-corrected chi connectivity index (χ1v) is 5.12. The molecule has 1 aliphatic rings. The minimum Gasteiger partial charge on any atom is -0.389 e. The third-order valence-electron chi connectivity index (χ3n) is 3.23. The molecule has 0 aromatic carbocycles. The molecule has 0 heterocycles. The zero-order chi connectivity index (χ0) is 9.03. The highest BCUT2D eigenvalue weighted by molar-refractivity contribution is 4.83. The summed E-state index contributed by atoms with van der Waals surface area (Å²) in [6, 6.07) is 0. The van der Waals surface area contributed by atoms with E-state index >= 15 is 0 Å². The lowest BCUT2D eigenvalue weighted by Gasteiger charge is -2.24. The molecule has 1 fully saturated rings. The molecule has 0 amide bonds. The van der Waals surface area contributed by atoms with Gasteiger partial charge in [0, 0.05) is 6.54 Å². The summed E-state index contributed by atoms with van der Waals surface area (Å²) in [6.45, 7) is 2.67.